The molecule has 0 fully saturated rings. The van der Waals surface area contributed by atoms with Crippen LogP contribution in [0.3, 0.4) is 0 Å². The maximum Gasteiger partial charge on any atom is 0.331 e. The van der Waals surface area contributed by atoms with E-state index in [9.17, 15) is 9.59 Å². The zero-order valence-corrected chi connectivity index (χ0v) is 12.6. The molecule has 0 aromatic heterocycles. The molecule has 4 nitrogen and oxygen atoms in total. The molecule has 21 heavy (non-hydrogen) atoms. The van der Waals surface area contributed by atoms with Crippen LogP contribution in [-0.2, 0) is 20.7 Å². The molecule has 0 saturated heterocycles. The molecular formula is C17H21NO3. The molecule has 1 aromatic carbocycles. The van der Waals surface area contributed by atoms with E-state index in [0.717, 1.165) is 6.42 Å². The van der Waals surface area contributed by atoms with Crippen LogP contribution in [0.5, 0.6) is 0 Å². The van der Waals surface area contributed by atoms with Gasteiger partial charge in [0, 0.05) is 11.8 Å². The second-order valence-corrected chi connectivity index (χ2v) is 4.50. The number of nitrogens with one attached hydrogen (secondary N) is 1. The Hall–Kier alpha value is -2.36. The summed E-state index contributed by atoms with van der Waals surface area (Å²) in [6.07, 6.45) is 6.44. The molecule has 1 amide bonds. The van der Waals surface area contributed by atoms with Crippen LogP contribution in [0.25, 0.3) is 0 Å². The Morgan fingerprint density at radius 3 is 2.48 bits per heavy atom. The number of hydrogen-bond donors (Lipinski definition) is 1. The summed E-state index contributed by atoms with van der Waals surface area (Å²) in [5, 5.41) is 2.71. The van der Waals surface area contributed by atoms with Gasteiger partial charge in [-0.15, -0.1) is 0 Å². The van der Waals surface area contributed by atoms with E-state index < -0.39 is 12.1 Å². The van der Waals surface area contributed by atoms with Gasteiger partial charge >= 0.3 is 5.97 Å². The molecule has 0 saturated carbocycles. The van der Waals surface area contributed by atoms with Gasteiger partial charge in [0.25, 0.3) is 5.91 Å². The molecule has 4 heteroatoms. The monoisotopic (exact) mass is 287 g/mol. The Morgan fingerprint density at radius 2 is 1.90 bits per heavy atom. The van der Waals surface area contributed by atoms with E-state index in [1.807, 2.05) is 31.2 Å². The summed E-state index contributed by atoms with van der Waals surface area (Å²) in [4.78, 5) is 23.4. The topological polar surface area (TPSA) is 55.4 Å². The third kappa shape index (κ3) is 6.08. The lowest BCUT2D eigenvalue weighted by Gasteiger charge is -2.12. The van der Waals surface area contributed by atoms with E-state index in [1.54, 1.807) is 18.2 Å². The summed E-state index contributed by atoms with van der Waals surface area (Å²) in [7, 11) is 0. The number of hydrogen-bond acceptors (Lipinski definition) is 3. The van der Waals surface area contributed by atoms with Crippen molar-refractivity contribution in [2.24, 2.45) is 0 Å². The number of ether oxygens (including phenoxy) is 1. The van der Waals surface area contributed by atoms with Gasteiger partial charge in [0.1, 0.15) is 0 Å². The van der Waals surface area contributed by atoms with Crippen molar-refractivity contribution in [1.82, 2.24) is 0 Å². The lowest BCUT2D eigenvalue weighted by Crippen LogP contribution is -2.29. The zero-order valence-electron chi connectivity index (χ0n) is 12.6. The summed E-state index contributed by atoms with van der Waals surface area (Å²) in [6.45, 7) is 5.45. The molecule has 0 aliphatic rings. The molecule has 0 aliphatic carbocycles. The minimum atomic E-state index is -0.849. The molecule has 0 bridgehead atoms. The van der Waals surface area contributed by atoms with Crippen molar-refractivity contribution in [3.63, 3.8) is 0 Å². The number of rotatable bonds is 6. The Balaban J connectivity index is 2.51. The molecule has 112 valence electrons. The smallest absolute Gasteiger partial charge is 0.331 e. The molecular weight excluding hydrogens is 266 g/mol. The standard InChI is InChI=1S/C17H21NO3/c1-4-6-7-8-16(19)21-13(3)17(20)18-15-11-9-14(5-2)10-12-15/h4,6-13H,5H2,1-3H3,(H,18,20)/b6-4+,8-7+/t13-/m1/s1. The van der Waals surface area contributed by atoms with Crippen LogP contribution in [0.15, 0.2) is 48.6 Å². The number of carbonyl (C=O) groups is 2. The van der Waals surface area contributed by atoms with Crippen molar-refractivity contribution >= 4 is 17.6 Å². The van der Waals surface area contributed by atoms with Gasteiger partial charge in [-0.25, -0.2) is 4.79 Å². The number of aryl methyl sites for hydroxylation is 1. The highest BCUT2D eigenvalue weighted by Crippen LogP contribution is 2.10. The van der Waals surface area contributed by atoms with Crippen LogP contribution >= 0.6 is 0 Å². The summed E-state index contributed by atoms with van der Waals surface area (Å²) >= 11 is 0. The van der Waals surface area contributed by atoms with Gasteiger partial charge in [-0.3, -0.25) is 4.79 Å². The van der Waals surface area contributed by atoms with Gasteiger partial charge in [0.15, 0.2) is 6.10 Å². The number of anilines is 1. The fourth-order valence-corrected chi connectivity index (χ4v) is 1.58. The first-order chi connectivity index (χ1) is 10.1. The average Bonchev–Trinajstić information content (AvgIpc) is 2.48. The molecule has 1 atom stereocenters. The fourth-order valence-electron chi connectivity index (χ4n) is 1.58. The minimum Gasteiger partial charge on any atom is -0.449 e. The van der Waals surface area contributed by atoms with Crippen LogP contribution in [0, 0.1) is 0 Å². The van der Waals surface area contributed by atoms with E-state index in [2.05, 4.69) is 12.2 Å². The van der Waals surface area contributed by atoms with Gasteiger partial charge in [0.2, 0.25) is 0 Å². The van der Waals surface area contributed by atoms with E-state index in [-0.39, 0.29) is 5.91 Å². The van der Waals surface area contributed by atoms with E-state index in [0.29, 0.717) is 5.69 Å². The van der Waals surface area contributed by atoms with Crippen LogP contribution < -0.4 is 5.32 Å². The summed E-state index contributed by atoms with van der Waals surface area (Å²) in [5.41, 5.74) is 1.88. The predicted octanol–water partition coefficient (Wildman–Crippen LogP) is 3.25. The van der Waals surface area contributed by atoms with Gasteiger partial charge < -0.3 is 10.1 Å². The van der Waals surface area contributed by atoms with E-state index in [4.69, 9.17) is 4.74 Å². The lowest BCUT2D eigenvalue weighted by atomic mass is 10.1. The Kier molecular flexibility index (Phi) is 6.95. The number of benzene rings is 1. The molecule has 1 N–H and O–H groups in total. The predicted molar refractivity (Wildman–Crippen MR) is 84.0 cm³/mol. The Morgan fingerprint density at radius 1 is 1.24 bits per heavy atom. The highest BCUT2D eigenvalue weighted by atomic mass is 16.5. The minimum absolute atomic E-state index is 0.355. The van der Waals surface area contributed by atoms with Crippen LogP contribution in [0.1, 0.15) is 26.3 Å². The van der Waals surface area contributed by atoms with Gasteiger partial charge in [-0.2, -0.15) is 0 Å². The highest BCUT2D eigenvalue weighted by Gasteiger charge is 2.16. The van der Waals surface area contributed by atoms with Crippen LogP contribution in [-0.4, -0.2) is 18.0 Å². The molecule has 0 aliphatic heterocycles. The number of esters is 1. The van der Waals surface area contributed by atoms with E-state index in [1.165, 1.54) is 18.6 Å². The van der Waals surface area contributed by atoms with Crippen molar-refractivity contribution in [2.75, 3.05) is 5.32 Å². The normalized spacial score (nSPS) is 12.5. The number of amides is 1. The highest BCUT2D eigenvalue weighted by molar-refractivity contribution is 5.95. The molecule has 0 unspecified atom stereocenters. The second kappa shape index (κ2) is 8.74. The number of carbonyl (C=O) groups excluding carboxylic acids is 2. The van der Waals surface area contributed by atoms with Crippen molar-refractivity contribution in [1.29, 1.82) is 0 Å². The average molecular weight is 287 g/mol. The molecule has 1 rings (SSSR count). The Labute approximate surface area is 125 Å². The molecule has 1 aromatic rings. The first-order valence-corrected chi connectivity index (χ1v) is 6.96. The third-order valence-corrected chi connectivity index (χ3v) is 2.83. The number of allylic oxidation sites excluding steroid dienone is 3. The SMILES string of the molecule is C/C=C/C=C/C(=O)O[C@H](C)C(=O)Nc1ccc(CC)cc1. The van der Waals surface area contributed by atoms with Crippen LogP contribution in [0.4, 0.5) is 5.69 Å². The fraction of sp³-hybridized carbons (Fsp3) is 0.294. The van der Waals surface area contributed by atoms with Crippen molar-refractivity contribution in [2.45, 2.75) is 33.3 Å². The lowest BCUT2D eigenvalue weighted by molar-refractivity contribution is -0.148. The molecule has 0 spiro atoms. The quantitative estimate of drug-likeness (QED) is 0.496. The van der Waals surface area contributed by atoms with Crippen LogP contribution in [0.2, 0.25) is 0 Å². The van der Waals surface area contributed by atoms with Gasteiger partial charge in [-0.1, -0.05) is 37.3 Å². The van der Waals surface area contributed by atoms with Crippen molar-refractivity contribution in [3.8, 4) is 0 Å². The zero-order chi connectivity index (χ0) is 15.7. The first-order valence-electron chi connectivity index (χ1n) is 6.96. The summed E-state index contributed by atoms with van der Waals surface area (Å²) in [5.74, 6) is -0.899. The molecule has 0 heterocycles. The summed E-state index contributed by atoms with van der Waals surface area (Å²) in [6, 6.07) is 7.56. The molecule has 0 radical (unpaired) electrons. The first kappa shape index (κ1) is 16.7. The largest absolute Gasteiger partial charge is 0.449 e. The van der Waals surface area contributed by atoms with E-state index >= 15 is 0 Å². The van der Waals surface area contributed by atoms with Gasteiger partial charge in [0.05, 0.1) is 0 Å². The second-order valence-electron chi connectivity index (χ2n) is 4.50. The van der Waals surface area contributed by atoms with Crippen molar-refractivity contribution in [3.05, 3.63) is 54.1 Å². The summed E-state index contributed by atoms with van der Waals surface area (Å²) < 4.78 is 5.00. The van der Waals surface area contributed by atoms with Gasteiger partial charge in [-0.05, 0) is 38.0 Å². The maximum absolute atomic E-state index is 11.9. The Bertz CT molecular complexity index is 529. The maximum atomic E-state index is 11.9. The van der Waals surface area contributed by atoms with Crippen molar-refractivity contribution < 1.29 is 14.3 Å². The third-order valence-electron chi connectivity index (χ3n) is 2.83.